The minimum absolute atomic E-state index is 0.0886. The summed E-state index contributed by atoms with van der Waals surface area (Å²) in [7, 11) is 2.56. The summed E-state index contributed by atoms with van der Waals surface area (Å²) in [4.78, 5) is 0. The molecule has 0 bridgehead atoms. The summed E-state index contributed by atoms with van der Waals surface area (Å²) < 4.78 is 23.9. The van der Waals surface area contributed by atoms with E-state index < -0.39 is 13.8 Å². The molecule has 3 atom stereocenters. The van der Waals surface area contributed by atoms with Gasteiger partial charge in [-0.05, 0) is 31.7 Å². The van der Waals surface area contributed by atoms with E-state index in [0.29, 0.717) is 6.61 Å². The number of rotatable bonds is 8. The van der Waals surface area contributed by atoms with Crippen LogP contribution in [0.1, 0.15) is 39.5 Å². The number of hydrogen-bond acceptors (Lipinski definition) is 5. The second-order valence-corrected chi connectivity index (χ2v) is 9.03. The van der Waals surface area contributed by atoms with E-state index in [1.165, 1.54) is 0 Å². The monoisotopic (exact) mass is 305 g/mol. The topological polar surface area (TPSA) is 62.9 Å². The molecule has 0 aromatic heterocycles. The van der Waals surface area contributed by atoms with Gasteiger partial charge in [0.2, 0.25) is 0 Å². The van der Waals surface area contributed by atoms with Gasteiger partial charge in [-0.2, -0.15) is 0 Å². The SMILES string of the molecule is CCCOC(CC)C1(OC)C(N)CCC[Si]1(OC)OC. The van der Waals surface area contributed by atoms with E-state index in [9.17, 15) is 0 Å². The molecule has 120 valence electrons. The third-order valence-electron chi connectivity index (χ3n) is 4.54. The van der Waals surface area contributed by atoms with Crippen LogP contribution in [0.3, 0.4) is 0 Å². The molecule has 20 heavy (non-hydrogen) atoms. The predicted molar refractivity (Wildman–Crippen MR) is 81.9 cm³/mol. The van der Waals surface area contributed by atoms with Crippen LogP contribution in [0.4, 0.5) is 0 Å². The Labute approximate surface area is 124 Å². The molecule has 0 spiro atoms. The van der Waals surface area contributed by atoms with Crippen molar-refractivity contribution in [2.24, 2.45) is 5.73 Å². The first-order valence-corrected chi connectivity index (χ1v) is 9.63. The van der Waals surface area contributed by atoms with Crippen LogP contribution in [0.25, 0.3) is 0 Å². The quantitative estimate of drug-likeness (QED) is 0.695. The first kappa shape index (κ1) is 18.1. The largest absolute Gasteiger partial charge is 0.396 e. The molecule has 0 aromatic carbocycles. The van der Waals surface area contributed by atoms with E-state index in [1.807, 2.05) is 0 Å². The van der Waals surface area contributed by atoms with E-state index >= 15 is 0 Å². The van der Waals surface area contributed by atoms with E-state index in [0.717, 1.165) is 31.7 Å². The van der Waals surface area contributed by atoms with E-state index in [4.69, 9.17) is 24.1 Å². The van der Waals surface area contributed by atoms with Crippen molar-refractivity contribution in [2.45, 2.75) is 62.9 Å². The van der Waals surface area contributed by atoms with Crippen molar-refractivity contribution >= 4 is 8.56 Å². The highest BCUT2D eigenvalue weighted by atomic mass is 28.4. The molecule has 5 nitrogen and oxygen atoms in total. The Morgan fingerprint density at radius 1 is 1.25 bits per heavy atom. The lowest BCUT2D eigenvalue weighted by Crippen LogP contribution is -2.77. The van der Waals surface area contributed by atoms with Gasteiger partial charge in [-0.25, -0.2) is 0 Å². The second-order valence-electron chi connectivity index (χ2n) is 5.42. The highest BCUT2D eigenvalue weighted by molar-refractivity contribution is 6.71. The smallest absolute Gasteiger partial charge is 0.375 e. The normalized spacial score (nSPS) is 31.2. The average Bonchev–Trinajstić information content (AvgIpc) is 2.49. The molecule has 3 unspecified atom stereocenters. The molecule has 1 heterocycles. The zero-order valence-electron chi connectivity index (χ0n) is 13.6. The number of ether oxygens (including phenoxy) is 2. The highest BCUT2D eigenvalue weighted by Gasteiger charge is 2.66. The van der Waals surface area contributed by atoms with Crippen LogP contribution in [-0.4, -0.2) is 53.9 Å². The van der Waals surface area contributed by atoms with Crippen LogP contribution >= 0.6 is 0 Å². The van der Waals surface area contributed by atoms with Crippen molar-refractivity contribution in [1.82, 2.24) is 0 Å². The van der Waals surface area contributed by atoms with Crippen molar-refractivity contribution in [3.63, 3.8) is 0 Å². The van der Waals surface area contributed by atoms with Gasteiger partial charge >= 0.3 is 8.56 Å². The molecule has 0 aliphatic carbocycles. The van der Waals surface area contributed by atoms with E-state index in [1.54, 1.807) is 21.3 Å². The van der Waals surface area contributed by atoms with E-state index in [-0.39, 0.29) is 12.1 Å². The molecule has 0 aromatic rings. The van der Waals surface area contributed by atoms with Crippen molar-refractivity contribution in [2.75, 3.05) is 27.9 Å². The van der Waals surface area contributed by atoms with E-state index in [2.05, 4.69) is 13.8 Å². The second kappa shape index (κ2) is 7.86. The third-order valence-corrected chi connectivity index (χ3v) is 8.95. The van der Waals surface area contributed by atoms with Gasteiger partial charge in [0.05, 0.1) is 6.10 Å². The summed E-state index contributed by atoms with van der Waals surface area (Å²) in [6.07, 6.45) is 3.66. The van der Waals surface area contributed by atoms with Gasteiger partial charge in [0.25, 0.3) is 0 Å². The fraction of sp³-hybridized carbons (Fsp3) is 1.00. The summed E-state index contributed by atoms with van der Waals surface area (Å²) in [6.45, 7) is 4.91. The first-order valence-electron chi connectivity index (χ1n) is 7.61. The minimum atomic E-state index is -2.58. The van der Waals surface area contributed by atoms with Gasteiger partial charge in [-0.1, -0.05) is 13.8 Å². The zero-order valence-corrected chi connectivity index (χ0v) is 14.6. The van der Waals surface area contributed by atoms with Crippen LogP contribution in [-0.2, 0) is 18.3 Å². The Balaban J connectivity index is 3.21. The molecule has 1 aliphatic rings. The van der Waals surface area contributed by atoms with Crippen LogP contribution in [0.2, 0.25) is 6.04 Å². The Morgan fingerprint density at radius 2 is 1.90 bits per heavy atom. The van der Waals surface area contributed by atoms with Crippen LogP contribution in [0, 0.1) is 0 Å². The Bertz CT molecular complexity index is 288. The molecule has 2 N–H and O–H groups in total. The van der Waals surface area contributed by atoms with Gasteiger partial charge in [-0.15, -0.1) is 0 Å². The molecule has 6 heteroatoms. The average molecular weight is 305 g/mol. The molecule has 1 saturated heterocycles. The van der Waals surface area contributed by atoms with Crippen molar-refractivity contribution < 1.29 is 18.3 Å². The lowest BCUT2D eigenvalue weighted by molar-refractivity contribution is -0.126. The minimum Gasteiger partial charge on any atom is -0.396 e. The summed E-state index contributed by atoms with van der Waals surface area (Å²) >= 11 is 0. The summed E-state index contributed by atoms with van der Waals surface area (Å²) in [6, 6.07) is 0.780. The zero-order chi connectivity index (χ0) is 15.2. The number of nitrogens with two attached hydrogens (primary N) is 1. The summed E-state index contributed by atoms with van der Waals surface area (Å²) in [5, 5.41) is -0.640. The van der Waals surface area contributed by atoms with Crippen molar-refractivity contribution in [3.05, 3.63) is 0 Å². The Hall–Kier alpha value is 0.0169. The van der Waals surface area contributed by atoms with Gasteiger partial charge in [0, 0.05) is 34.0 Å². The number of methoxy groups -OCH3 is 1. The Morgan fingerprint density at radius 3 is 2.35 bits per heavy atom. The maximum atomic E-state index is 6.47. The maximum absolute atomic E-state index is 6.47. The Kier molecular flexibility index (Phi) is 7.10. The predicted octanol–water partition coefficient (Wildman–Crippen LogP) is 1.97. The molecule has 1 aliphatic heterocycles. The number of hydrogen-bond donors (Lipinski definition) is 1. The van der Waals surface area contributed by atoms with Gasteiger partial charge in [0.15, 0.2) is 5.22 Å². The van der Waals surface area contributed by atoms with Gasteiger partial charge < -0.3 is 24.1 Å². The molecule has 1 fully saturated rings. The molecular weight excluding hydrogens is 274 g/mol. The lowest BCUT2D eigenvalue weighted by atomic mass is 9.98. The fourth-order valence-electron chi connectivity index (χ4n) is 3.58. The van der Waals surface area contributed by atoms with Gasteiger partial charge in [0.1, 0.15) is 0 Å². The van der Waals surface area contributed by atoms with Crippen LogP contribution < -0.4 is 5.73 Å². The van der Waals surface area contributed by atoms with Crippen LogP contribution in [0.15, 0.2) is 0 Å². The van der Waals surface area contributed by atoms with Crippen molar-refractivity contribution in [1.29, 1.82) is 0 Å². The van der Waals surface area contributed by atoms with Crippen molar-refractivity contribution in [3.8, 4) is 0 Å². The molecule has 0 saturated carbocycles. The highest BCUT2D eigenvalue weighted by Crippen LogP contribution is 2.43. The third kappa shape index (κ3) is 2.82. The molecule has 0 amide bonds. The molecular formula is C14H31NO4Si. The summed E-state index contributed by atoms with van der Waals surface area (Å²) in [5.41, 5.74) is 6.47. The lowest BCUT2D eigenvalue weighted by Gasteiger charge is -2.54. The first-order chi connectivity index (χ1) is 9.58. The standard InChI is InChI=1S/C14H31NO4Si/c1-6-10-19-13(7-2)14(16-3)12(15)9-8-11-20(14,17-4)18-5/h12-13H,6-11,15H2,1-5H3. The van der Waals surface area contributed by atoms with Gasteiger partial charge in [-0.3, -0.25) is 0 Å². The summed E-state index contributed by atoms with van der Waals surface area (Å²) in [5.74, 6) is 0. The van der Waals surface area contributed by atoms with Crippen LogP contribution in [0.5, 0.6) is 0 Å². The molecule has 1 rings (SSSR count). The molecule has 0 radical (unpaired) electrons. The maximum Gasteiger partial charge on any atom is 0.375 e. The fourth-order valence-corrected chi connectivity index (χ4v) is 7.65.